The number of nitrogens with zero attached hydrogens (tertiary/aromatic N) is 1. The summed E-state index contributed by atoms with van der Waals surface area (Å²) in [5.41, 5.74) is 0.208. The Kier molecular flexibility index (Phi) is 6.35. The van der Waals surface area contributed by atoms with Crippen LogP contribution in [0.3, 0.4) is 0 Å². The van der Waals surface area contributed by atoms with E-state index in [1.54, 1.807) is 42.2 Å². The van der Waals surface area contributed by atoms with E-state index in [1.807, 2.05) is 13.0 Å². The summed E-state index contributed by atoms with van der Waals surface area (Å²) in [6, 6.07) is 13.6. The summed E-state index contributed by atoms with van der Waals surface area (Å²) in [5.74, 6) is 0.644. The molecule has 2 aliphatic heterocycles. The second-order valence-corrected chi connectivity index (χ2v) is 8.55. The largest absolute Gasteiger partial charge is 0.494 e. The molecule has 0 radical (unpaired) electrons. The molecule has 1 N–H and O–H groups in total. The molecule has 2 amide bonds. The van der Waals surface area contributed by atoms with Crippen molar-refractivity contribution < 1.29 is 23.5 Å². The summed E-state index contributed by atoms with van der Waals surface area (Å²) >= 11 is 0. The van der Waals surface area contributed by atoms with Gasteiger partial charge in [-0.05, 0) is 68.7 Å². The fraction of sp³-hybridized carbons (Fsp3) is 0.440. The van der Waals surface area contributed by atoms with E-state index in [0.717, 1.165) is 24.2 Å². The van der Waals surface area contributed by atoms with Gasteiger partial charge >= 0.3 is 0 Å². The van der Waals surface area contributed by atoms with Crippen LogP contribution in [0.4, 0.5) is 4.39 Å². The van der Waals surface area contributed by atoms with Gasteiger partial charge in [0, 0.05) is 25.4 Å². The molecule has 6 nitrogen and oxygen atoms in total. The lowest BCUT2D eigenvalue weighted by Gasteiger charge is -2.39. The van der Waals surface area contributed by atoms with Crippen LogP contribution in [-0.2, 0) is 9.59 Å². The van der Waals surface area contributed by atoms with Crippen molar-refractivity contribution in [3.8, 4) is 11.5 Å². The Labute approximate surface area is 187 Å². The first-order chi connectivity index (χ1) is 15.4. The lowest BCUT2D eigenvalue weighted by molar-refractivity contribution is -0.137. The van der Waals surface area contributed by atoms with Crippen LogP contribution in [0.1, 0.15) is 44.6 Å². The van der Waals surface area contributed by atoms with Crippen molar-refractivity contribution in [3.63, 3.8) is 0 Å². The highest BCUT2D eigenvalue weighted by atomic mass is 19.1. The Morgan fingerprint density at radius 3 is 2.69 bits per heavy atom. The van der Waals surface area contributed by atoms with Crippen LogP contribution in [0.15, 0.2) is 48.5 Å². The molecular formula is C25H29FN2O4. The Morgan fingerprint density at radius 2 is 2.00 bits per heavy atom. The zero-order chi connectivity index (χ0) is 22.7. The van der Waals surface area contributed by atoms with Crippen LogP contribution >= 0.6 is 0 Å². The van der Waals surface area contributed by atoms with Gasteiger partial charge in [0.05, 0.1) is 12.1 Å². The second-order valence-electron chi connectivity index (χ2n) is 8.55. The number of nitrogens with one attached hydrogen (secondary N) is 1. The normalized spacial score (nSPS) is 23.7. The summed E-state index contributed by atoms with van der Waals surface area (Å²) in [4.78, 5) is 27.3. The van der Waals surface area contributed by atoms with Gasteiger partial charge in [-0.2, -0.15) is 0 Å². The zero-order valence-corrected chi connectivity index (χ0v) is 18.5. The lowest BCUT2D eigenvalue weighted by Crippen LogP contribution is -2.56. The first-order valence-electron chi connectivity index (χ1n) is 11.1. The van der Waals surface area contributed by atoms with E-state index >= 15 is 0 Å². The topological polar surface area (TPSA) is 67.9 Å². The molecule has 1 spiro atoms. The van der Waals surface area contributed by atoms with Gasteiger partial charge in [0.25, 0.3) is 5.91 Å². The average molecular weight is 441 g/mol. The molecule has 2 heterocycles. The first kappa shape index (κ1) is 22.1. The van der Waals surface area contributed by atoms with Crippen molar-refractivity contribution in [1.82, 2.24) is 10.2 Å². The molecular weight excluding hydrogens is 411 g/mol. The Morgan fingerprint density at radius 1 is 1.25 bits per heavy atom. The van der Waals surface area contributed by atoms with Crippen molar-refractivity contribution in [2.24, 2.45) is 0 Å². The van der Waals surface area contributed by atoms with Crippen LogP contribution < -0.4 is 14.8 Å². The molecule has 0 aromatic heterocycles. The highest BCUT2D eigenvalue weighted by Crippen LogP contribution is 2.41. The smallest absolute Gasteiger partial charge is 0.263 e. The number of benzene rings is 2. The van der Waals surface area contributed by atoms with E-state index in [4.69, 9.17) is 9.47 Å². The standard InChI is InChI=1S/C25H29FN2O4/c1-3-31-20-9-11-21(12-10-20)32-17(2)24(30)28-15-22(18-6-4-7-19(26)14-18)25(16-28)13-5-8-23(29)27-25/h4,6-7,9-12,14,17,22H,3,5,8,13,15-16H2,1-2H3,(H,27,29)/t17-,22-,25+/m0/s1. The zero-order valence-electron chi connectivity index (χ0n) is 18.5. The molecule has 2 fully saturated rings. The van der Waals surface area contributed by atoms with Gasteiger partial charge in [0.15, 0.2) is 6.10 Å². The van der Waals surface area contributed by atoms with Gasteiger partial charge in [0.2, 0.25) is 5.91 Å². The van der Waals surface area contributed by atoms with Gasteiger partial charge in [-0.1, -0.05) is 12.1 Å². The molecule has 2 saturated heterocycles. The van der Waals surface area contributed by atoms with Crippen LogP contribution in [0, 0.1) is 5.82 Å². The first-order valence-corrected chi connectivity index (χ1v) is 11.1. The van der Waals surface area contributed by atoms with Gasteiger partial charge in [-0.15, -0.1) is 0 Å². The predicted octanol–water partition coefficient (Wildman–Crippen LogP) is 3.66. The molecule has 2 aromatic carbocycles. The SMILES string of the molecule is CCOc1ccc(O[C@@H](C)C(=O)N2C[C@@H](c3cccc(F)c3)[C@@]3(CCCC(=O)N3)C2)cc1. The Bertz CT molecular complexity index is 980. The summed E-state index contributed by atoms with van der Waals surface area (Å²) in [5, 5.41) is 3.14. The number of hydrogen-bond donors (Lipinski definition) is 1. The van der Waals surface area contributed by atoms with E-state index in [1.165, 1.54) is 12.1 Å². The third kappa shape index (κ3) is 4.56. The van der Waals surface area contributed by atoms with Crippen molar-refractivity contribution >= 4 is 11.8 Å². The van der Waals surface area contributed by atoms with Crippen molar-refractivity contribution in [1.29, 1.82) is 0 Å². The van der Waals surface area contributed by atoms with Crippen molar-refractivity contribution in [2.75, 3.05) is 19.7 Å². The molecule has 0 bridgehead atoms. The number of amides is 2. The van der Waals surface area contributed by atoms with Crippen LogP contribution in [0.2, 0.25) is 0 Å². The number of carbonyl (C=O) groups excluding carboxylic acids is 2. The lowest BCUT2D eigenvalue weighted by atomic mass is 9.76. The number of rotatable bonds is 6. The maximum absolute atomic E-state index is 14.0. The van der Waals surface area contributed by atoms with E-state index < -0.39 is 11.6 Å². The van der Waals surface area contributed by atoms with E-state index in [-0.39, 0.29) is 23.5 Å². The Balaban J connectivity index is 1.51. The maximum Gasteiger partial charge on any atom is 0.263 e. The molecule has 32 heavy (non-hydrogen) atoms. The van der Waals surface area contributed by atoms with Crippen LogP contribution in [0.25, 0.3) is 0 Å². The van der Waals surface area contributed by atoms with Crippen LogP contribution in [0.5, 0.6) is 11.5 Å². The summed E-state index contributed by atoms with van der Waals surface area (Å²) in [6.45, 7) is 5.00. The van der Waals surface area contributed by atoms with Crippen molar-refractivity contribution in [3.05, 3.63) is 59.9 Å². The number of ether oxygens (including phenoxy) is 2. The molecule has 4 rings (SSSR count). The minimum absolute atomic E-state index is 0.0226. The fourth-order valence-electron chi connectivity index (χ4n) is 4.87. The van der Waals surface area contributed by atoms with Gasteiger partial charge in [-0.3, -0.25) is 9.59 Å². The summed E-state index contributed by atoms with van der Waals surface area (Å²) in [6.07, 6.45) is 1.27. The minimum Gasteiger partial charge on any atom is -0.494 e. The fourth-order valence-corrected chi connectivity index (χ4v) is 4.87. The van der Waals surface area contributed by atoms with E-state index in [0.29, 0.717) is 31.9 Å². The van der Waals surface area contributed by atoms with E-state index in [9.17, 15) is 14.0 Å². The summed E-state index contributed by atoms with van der Waals surface area (Å²) < 4.78 is 25.3. The van der Waals surface area contributed by atoms with Gasteiger partial charge in [0.1, 0.15) is 17.3 Å². The van der Waals surface area contributed by atoms with Gasteiger partial charge < -0.3 is 19.7 Å². The molecule has 0 aliphatic carbocycles. The number of halogens is 1. The molecule has 3 atom stereocenters. The third-order valence-electron chi connectivity index (χ3n) is 6.32. The maximum atomic E-state index is 14.0. The molecule has 0 unspecified atom stereocenters. The molecule has 2 aliphatic rings. The number of hydrogen-bond acceptors (Lipinski definition) is 4. The molecule has 170 valence electrons. The van der Waals surface area contributed by atoms with Crippen LogP contribution in [-0.4, -0.2) is 48.1 Å². The Hall–Kier alpha value is -3.09. The highest BCUT2D eigenvalue weighted by Gasteiger charge is 2.51. The summed E-state index contributed by atoms with van der Waals surface area (Å²) in [7, 11) is 0. The third-order valence-corrected chi connectivity index (χ3v) is 6.32. The molecule has 0 saturated carbocycles. The van der Waals surface area contributed by atoms with E-state index in [2.05, 4.69) is 5.32 Å². The number of likely N-dealkylation sites (tertiary alicyclic amines) is 1. The average Bonchev–Trinajstić information content (AvgIpc) is 3.12. The number of piperidine rings is 1. The highest BCUT2D eigenvalue weighted by molar-refractivity contribution is 5.83. The molecule has 2 aromatic rings. The second kappa shape index (κ2) is 9.18. The molecule has 7 heteroatoms. The number of carbonyl (C=O) groups is 2. The predicted molar refractivity (Wildman–Crippen MR) is 118 cm³/mol. The minimum atomic E-state index is -0.699. The monoisotopic (exact) mass is 440 g/mol. The van der Waals surface area contributed by atoms with Gasteiger partial charge in [-0.25, -0.2) is 4.39 Å². The van der Waals surface area contributed by atoms with Crippen molar-refractivity contribution in [2.45, 2.75) is 50.7 Å². The quantitative estimate of drug-likeness (QED) is 0.745.